The Balaban J connectivity index is 1.66. The molecule has 0 saturated carbocycles. The van der Waals surface area contributed by atoms with Crippen molar-refractivity contribution in [3.63, 3.8) is 0 Å². The highest BCUT2D eigenvalue weighted by molar-refractivity contribution is 8.00. The van der Waals surface area contributed by atoms with E-state index in [4.69, 9.17) is 27.6 Å². The number of nitrogens with zero attached hydrogens (tertiary/aromatic N) is 2. The maximum Gasteiger partial charge on any atom is 0.277 e. The third-order valence-electron chi connectivity index (χ3n) is 3.00. The molecule has 1 N–H and O–H groups in total. The molecule has 0 aliphatic rings. The molecule has 0 aliphatic carbocycles. The zero-order valence-electron chi connectivity index (χ0n) is 12.3. The van der Waals surface area contributed by atoms with E-state index in [9.17, 15) is 4.79 Å². The van der Waals surface area contributed by atoms with Crippen LogP contribution >= 0.6 is 46.3 Å². The first kappa shape index (κ1) is 17.3. The molecule has 9 heteroatoms. The third-order valence-corrected chi connectivity index (χ3v) is 5.42. The lowest BCUT2D eigenvalue weighted by Gasteiger charge is -2.12. The first-order chi connectivity index (χ1) is 11.5. The average Bonchev–Trinajstić information content (AvgIpc) is 3.21. The molecule has 3 rings (SSSR count). The predicted molar refractivity (Wildman–Crippen MR) is 98.0 cm³/mol. The summed E-state index contributed by atoms with van der Waals surface area (Å²) < 4.78 is 5.57. The van der Waals surface area contributed by atoms with Gasteiger partial charge >= 0.3 is 0 Å². The number of hydrogen-bond donors (Lipinski definition) is 1. The van der Waals surface area contributed by atoms with Crippen molar-refractivity contribution in [3.8, 4) is 10.8 Å². The average molecular weight is 400 g/mol. The number of carbonyl (C=O) groups is 1. The van der Waals surface area contributed by atoms with Crippen molar-refractivity contribution in [1.29, 1.82) is 0 Å². The largest absolute Gasteiger partial charge is 0.410 e. The summed E-state index contributed by atoms with van der Waals surface area (Å²) in [6.07, 6.45) is 0. The van der Waals surface area contributed by atoms with Gasteiger partial charge in [0.1, 0.15) is 0 Å². The van der Waals surface area contributed by atoms with Crippen LogP contribution in [0.3, 0.4) is 0 Å². The van der Waals surface area contributed by atoms with Gasteiger partial charge in [0.05, 0.1) is 25.9 Å². The molecule has 0 spiro atoms. The third kappa shape index (κ3) is 3.92. The minimum absolute atomic E-state index is 0.258. The van der Waals surface area contributed by atoms with E-state index in [0.29, 0.717) is 26.8 Å². The standard InChI is InChI=1S/C15H11Cl2N3O2S2/c1-8(13(21)18-12-9(16)4-2-5-10(12)17)24-15-20-19-14(22-15)11-6-3-7-23-11/h2-8H,1H3,(H,18,21)/t8-/m1/s1. The summed E-state index contributed by atoms with van der Waals surface area (Å²) in [5.74, 6) is 0.181. The van der Waals surface area contributed by atoms with Gasteiger partial charge in [0, 0.05) is 0 Å². The summed E-state index contributed by atoms with van der Waals surface area (Å²) in [4.78, 5) is 13.2. The second-order valence-electron chi connectivity index (χ2n) is 4.70. The molecule has 2 heterocycles. The Morgan fingerprint density at radius 3 is 2.67 bits per heavy atom. The highest BCUT2D eigenvalue weighted by Gasteiger charge is 2.20. The molecule has 0 radical (unpaired) electrons. The summed E-state index contributed by atoms with van der Waals surface area (Å²) in [5, 5.41) is 13.2. The lowest BCUT2D eigenvalue weighted by atomic mass is 10.3. The second-order valence-corrected chi connectivity index (χ2v) is 7.75. The van der Waals surface area contributed by atoms with Gasteiger partial charge in [-0.05, 0) is 30.5 Å². The minimum Gasteiger partial charge on any atom is -0.410 e. The molecule has 5 nitrogen and oxygen atoms in total. The van der Waals surface area contributed by atoms with E-state index in [0.717, 1.165) is 4.88 Å². The van der Waals surface area contributed by atoms with Gasteiger partial charge in [-0.1, -0.05) is 47.1 Å². The van der Waals surface area contributed by atoms with Crippen LogP contribution in [0, 0.1) is 0 Å². The molecule has 2 aromatic heterocycles. The lowest BCUT2D eigenvalue weighted by molar-refractivity contribution is -0.115. The number of rotatable bonds is 5. The molecule has 24 heavy (non-hydrogen) atoms. The molecular weight excluding hydrogens is 389 g/mol. The Hall–Kier alpha value is -1.54. The van der Waals surface area contributed by atoms with Crippen LogP contribution in [0.4, 0.5) is 5.69 Å². The monoisotopic (exact) mass is 399 g/mol. The first-order valence-electron chi connectivity index (χ1n) is 6.83. The van der Waals surface area contributed by atoms with Gasteiger partial charge in [-0.2, -0.15) is 0 Å². The molecule has 1 amide bonds. The number of para-hydroxylation sites is 1. The number of halogens is 2. The molecule has 1 atom stereocenters. The number of hydrogen-bond acceptors (Lipinski definition) is 6. The van der Waals surface area contributed by atoms with Crippen molar-refractivity contribution in [1.82, 2.24) is 10.2 Å². The highest BCUT2D eigenvalue weighted by Crippen LogP contribution is 2.32. The second kappa shape index (κ2) is 7.57. The van der Waals surface area contributed by atoms with E-state index in [1.165, 1.54) is 23.1 Å². The van der Waals surface area contributed by atoms with Crippen molar-refractivity contribution in [2.24, 2.45) is 0 Å². The molecule has 1 aromatic carbocycles. The topological polar surface area (TPSA) is 68.0 Å². The smallest absolute Gasteiger partial charge is 0.277 e. The Morgan fingerprint density at radius 1 is 1.25 bits per heavy atom. The fraction of sp³-hybridized carbons (Fsp3) is 0.133. The SMILES string of the molecule is C[C@@H](Sc1nnc(-c2cccs2)o1)C(=O)Nc1c(Cl)cccc1Cl. The first-order valence-corrected chi connectivity index (χ1v) is 9.35. The number of carbonyl (C=O) groups excluding carboxylic acids is 1. The van der Waals surface area contributed by atoms with Gasteiger partial charge in [-0.25, -0.2) is 0 Å². The van der Waals surface area contributed by atoms with E-state index < -0.39 is 5.25 Å². The Labute approximate surface area is 156 Å². The van der Waals surface area contributed by atoms with Crippen LogP contribution in [0.15, 0.2) is 45.4 Å². The van der Waals surface area contributed by atoms with Crippen LogP contribution in [0.2, 0.25) is 10.0 Å². The fourth-order valence-corrected chi connectivity index (χ4v) is 3.62. The van der Waals surface area contributed by atoms with Crippen molar-refractivity contribution >= 4 is 57.9 Å². The van der Waals surface area contributed by atoms with Crippen molar-refractivity contribution in [3.05, 3.63) is 45.8 Å². The van der Waals surface area contributed by atoms with Crippen LogP contribution in [-0.2, 0) is 4.79 Å². The number of thiophene rings is 1. The molecular formula is C15H11Cl2N3O2S2. The van der Waals surface area contributed by atoms with Crippen LogP contribution in [-0.4, -0.2) is 21.4 Å². The summed E-state index contributed by atoms with van der Waals surface area (Å²) in [6, 6.07) is 8.82. The van der Waals surface area contributed by atoms with E-state index in [1.807, 2.05) is 17.5 Å². The molecule has 0 unspecified atom stereocenters. The van der Waals surface area contributed by atoms with E-state index >= 15 is 0 Å². The zero-order chi connectivity index (χ0) is 17.1. The van der Waals surface area contributed by atoms with Crippen LogP contribution in [0.5, 0.6) is 0 Å². The number of anilines is 1. The lowest BCUT2D eigenvalue weighted by Crippen LogP contribution is -2.22. The summed E-state index contributed by atoms with van der Waals surface area (Å²) in [5.41, 5.74) is 0.392. The van der Waals surface area contributed by atoms with Gasteiger partial charge in [0.15, 0.2) is 0 Å². The van der Waals surface area contributed by atoms with E-state index in [2.05, 4.69) is 15.5 Å². The normalized spacial score (nSPS) is 12.1. The number of amides is 1. The molecule has 0 fully saturated rings. The number of nitrogens with one attached hydrogen (secondary N) is 1. The number of benzene rings is 1. The zero-order valence-corrected chi connectivity index (χ0v) is 15.5. The van der Waals surface area contributed by atoms with Crippen molar-refractivity contribution in [2.45, 2.75) is 17.4 Å². The van der Waals surface area contributed by atoms with Crippen LogP contribution in [0.1, 0.15) is 6.92 Å². The van der Waals surface area contributed by atoms with Gasteiger partial charge in [-0.15, -0.1) is 21.5 Å². The van der Waals surface area contributed by atoms with Crippen molar-refractivity contribution in [2.75, 3.05) is 5.32 Å². The maximum atomic E-state index is 12.3. The van der Waals surface area contributed by atoms with E-state index in [1.54, 1.807) is 25.1 Å². The Kier molecular flexibility index (Phi) is 5.45. The summed E-state index contributed by atoms with van der Waals surface area (Å²) in [7, 11) is 0. The predicted octanol–water partition coefficient (Wildman–Crippen LogP) is 5.22. The van der Waals surface area contributed by atoms with Crippen molar-refractivity contribution < 1.29 is 9.21 Å². The molecule has 0 saturated heterocycles. The molecule has 3 aromatic rings. The Bertz CT molecular complexity index is 832. The molecule has 124 valence electrons. The quantitative estimate of drug-likeness (QED) is 0.595. The van der Waals surface area contributed by atoms with E-state index in [-0.39, 0.29) is 5.91 Å². The molecule has 0 aliphatic heterocycles. The number of thioether (sulfide) groups is 1. The maximum absolute atomic E-state index is 12.3. The number of aromatic nitrogens is 2. The summed E-state index contributed by atoms with van der Waals surface area (Å²) in [6.45, 7) is 1.74. The summed E-state index contributed by atoms with van der Waals surface area (Å²) >= 11 is 14.8. The van der Waals surface area contributed by atoms with Gasteiger partial charge in [0.25, 0.3) is 11.1 Å². The fourth-order valence-electron chi connectivity index (χ4n) is 1.80. The molecule has 0 bridgehead atoms. The van der Waals surface area contributed by atoms with Crippen LogP contribution < -0.4 is 5.32 Å². The highest BCUT2D eigenvalue weighted by atomic mass is 35.5. The minimum atomic E-state index is -0.464. The van der Waals surface area contributed by atoms with Crippen LogP contribution in [0.25, 0.3) is 10.8 Å². The Morgan fingerprint density at radius 2 is 2.00 bits per heavy atom. The van der Waals surface area contributed by atoms with Gasteiger partial charge in [-0.3, -0.25) is 4.79 Å². The van der Waals surface area contributed by atoms with Gasteiger partial charge in [0.2, 0.25) is 5.91 Å². The van der Waals surface area contributed by atoms with Gasteiger partial charge < -0.3 is 9.73 Å².